The van der Waals surface area contributed by atoms with Gasteiger partial charge >= 0.3 is 5.97 Å². The first-order valence-corrected chi connectivity index (χ1v) is 21.0. The standard InChI is InChI=1S/C41H74NO7P/c1-6-8-10-12-14-16-18-19-20-21-22-23-24-25-27-29-31-33-36-46-38-40(39-48-50(44,45)47-37-35-42(3,4)5)49-41(43)34-32-30-28-26-17-15-13-11-9-7-2/h8,10,14,16,19-20,22-23,25,27,40H,6-7,9,11-13,15,17-18,21,24,26,28-39H2,1-5H3/b10-8-,16-14-,20-19-,23-22-,27-25-. The summed E-state index contributed by atoms with van der Waals surface area (Å²) in [4.78, 5) is 24.9. The molecule has 290 valence electrons. The number of allylic oxidation sites excluding steroid dienone is 10. The number of nitrogens with zero attached hydrogens (tertiary/aromatic N) is 1. The second-order valence-corrected chi connectivity index (χ2v) is 15.3. The van der Waals surface area contributed by atoms with E-state index in [-0.39, 0.29) is 25.8 Å². The number of unbranched alkanes of at least 4 members (excludes halogenated alkanes) is 11. The molecule has 0 radical (unpaired) electrons. The van der Waals surface area contributed by atoms with E-state index in [2.05, 4.69) is 74.6 Å². The van der Waals surface area contributed by atoms with Gasteiger partial charge in [0.1, 0.15) is 19.3 Å². The summed E-state index contributed by atoms with van der Waals surface area (Å²) >= 11 is 0. The Hall–Kier alpha value is -1.80. The summed E-state index contributed by atoms with van der Waals surface area (Å²) in [5.41, 5.74) is 0. The lowest BCUT2D eigenvalue weighted by molar-refractivity contribution is -0.870. The van der Waals surface area contributed by atoms with Gasteiger partial charge in [0.2, 0.25) is 0 Å². The molecular weight excluding hydrogens is 649 g/mol. The molecule has 0 aliphatic heterocycles. The first-order chi connectivity index (χ1) is 24.1. The highest BCUT2D eigenvalue weighted by Crippen LogP contribution is 2.38. The normalized spacial score (nSPS) is 14.6. The average molecular weight is 724 g/mol. The molecular formula is C41H74NO7P. The molecule has 0 spiro atoms. The molecule has 2 atom stereocenters. The summed E-state index contributed by atoms with van der Waals surface area (Å²) in [5.74, 6) is -0.355. The maximum atomic E-state index is 12.6. The highest BCUT2D eigenvalue weighted by atomic mass is 31.2. The molecule has 0 aliphatic carbocycles. The van der Waals surface area contributed by atoms with Crippen molar-refractivity contribution in [2.24, 2.45) is 0 Å². The van der Waals surface area contributed by atoms with Crippen molar-refractivity contribution in [3.63, 3.8) is 0 Å². The summed E-state index contributed by atoms with van der Waals surface area (Å²) in [6.07, 6.45) is 41.0. The molecule has 0 heterocycles. The van der Waals surface area contributed by atoms with Gasteiger partial charge in [0.25, 0.3) is 7.82 Å². The lowest BCUT2D eigenvalue weighted by atomic mass is 10.1. The summed E-state index contributed by atoms with van der Waals surface area (Å²) in [7, 11) is 1.32. The number of quaternary nitrogens is 1. The van der Waals surface area contributed by atoms with Crippen LogP contribution >= 0.6 is 7.82 Å². The molecule has 0 aliphatic rings. The zero-order chi connectivity index (χ0) is 37.0. The Kier molecular flexibility index (Phi) is 33.1. The van der Waals surface area contributed by atoms with Gasteiger partial charge in [0, 0.05) is 13.0 Å². The number of carbonyl (C=O) groups is 1. The van der Waals surface area contributed by atoms with Crippen LogP contribution < -0.4 is 4.89 Å². The molecule has 8 nitrogen and oxygen atoms in total. The molecule has 9 heteroatoms. The number of hydrogen-bond donors (Lipinski definition) is 0. The van der Waals surface area contributed by atoms with Gasteiger partial charge < -0.3 is 27.9 Å². The quantitative estimate of drug-likeness (QED) is 0.0211. The van der Waals surface area contributed by atoms with Gasteiger partial charge in [-0.25, -0.2) is 0 Å². The van der Waals surface area contributed by atoms with Crippen LogP contribution in [0, 0.1) is 0 Å². The third-order valence-electron chi connectivity index (χ3n) is 7.83. The fourth-order valence-corrected chi connectivity index (χ4v) is 5.53. The number of ether oxygens (including phenoxy) is 2. The van der Waals surface area contributed by atoms with Crippen molar-refractivity contribution >= 4 is 13.8 Å². The number of hydrogen-bond acceptors (Lipinski definition) is 7. The van der Waals surface area contributed by atoms with E-state index in [1.807, 2.05) is 21.1 Å². The van der Waals surface area contributed by atoms with E-state index in [9.17, 15) is 14.3 Å². The number of phosphoric acid groups is 1. The monoisotopic (exact) mass is 724 g/mol. The molecule has 0 bridgehead atoms. The molecule has 0 amide bonds. The van der Waals surface area contributed by atoms with Gasteiger partial charge in [0.15, 0.2) is 0 Å². The Labute approximate surface area is 307 Å². The van der Waals surface area contributed by atoms with Gasteiger partial charge in [-0.3, -0.25) is 9.36 Å². The van der Waals surface area contributed by atoms with E-state index < -0.39 is 13.9 Å². The maximum Gasteiger partial charge on any atom is 0.306 e. The third-order valence-corrected chi connectivity index (χ3v) is 8.80. The van der Waals surface area contributed by atoms with Crippen LogP contribution in [0.5, 0.6) is 0 Å². The van der Waals surface area contributed by atoms with Gasteiger partial charge in [-0.2, -0.15) is 0 Å². The average Bonchev–Trinajstić information content (AvgIpc) is 3.06. The largest absolute Gasteiger partial charge is 0.756 e. The first-order valence-electron chi connectivity index (χ1n) is 19.5. The van der Waals surface area contributed by atoms with E-state index in [1.54, 1.807) is 0 Å². The van der Waals surface area contributed by atoms with E-state index >= 15 is 0 Å². The molecule has 0 aromatic heterocycles. The van der Waals surface area contributed by atoms with Crippen LogP contribution in [0.15, 0.2) is 60.8 Å². The van der Waals surface area contributed by atoms with E-state index in [1.165, 1.54) is 44.9 Å². The number of rotatable bonds is 35. The lowest BCUT2D eigenvalue weighted by Crippen LogP contribution is -2.37. The predicted octanol–water partition coefficient (Wildman–Crippen LogP) is 10.4. The van der Waals surface area contributed by atoms with E-state index in [0.29, 0.717) is 24.1 Å². The minimum atomic E-state index is -4.53. The smallest absolute Gasteiger partial charge is 0.306 e. The van der Waals surface area contributed by atoms with E-state index in [0.717, 1.165) is 70.6 Å². The lowest BCUT2D eigenvalue weighted by Gasteiger charge is -2.28. The number of carbonyl (C=O) groups excluding carboxylic acids is 1. The Bertz CT molecular complexity index is 984. The molecule has 0 saturated carbocycles. The number of phosphoric ester groups is 1. The van der Waals surface area contributed by atoms with Gasteiger partial charge in [-0.05, 0) is 57.8 Å². The van der Waals surface area contributed by atoms with Crippen LogP contribution in [-0.4, -0.2) is 70.7 Å². The molecule has 0 aromatic carbocycles. The van der Waals surface area contributed by atoms with Crippen molar-refractivity contribution in [3.8, 4) is 0 Å². The van der Waals surface area contributed by atoms with Crippen molar-refractivity contribution in [2.45, 2.75) is 142 Å². The molecule has 0 fully saturated rings. The summed E-state index contributed by atoms with van der Waals surface area (Å²) in [6, 6.07) is 0. The Morgan fingerprint density at radius 1 is 0.640 bits per heavy atom. The Morgan fingerprint density at radius 2 is 1.16 bits per heavy atom. The van der Waals surface area contributed by atoms with Crippen molar-refractivity contribution in [2.75, 3.05) is 54.1 Å². The topological polar surface area (TPSA) is 94.1 Å². The van der Waals surface area contributed by atoms with Gasteiger partial charge in [-0.15, -0.1) is 0 Å². The molecule has 0 aromatic rings. The molecule has 50 heavy (non-hydrogen) atoms. The maximum absolute atomic E-state index is 12.6. The van der Waals surface area contributed by atoms with Crippen LogP contribution in [0.1, 0.15) is 136 Å². The van der Waals surface area contributed by atoms with Crippen molar-refractivity contribution in [3.05, 3.63) is 60.8 Å². The van der Waals surface area contributed by atoms with Crippen LogP contribution in [0.4, 0.5) is 0 Å². The zero-order valence-electron chi connectivity index (χ0n) is 32.6. The number of likely N-dealkylation sites (N-methyl/N-ethyl adjacent to an activating group) is 1. The predicted molar refractivity (Wildman–Crippen MR) is 208 cm³/mol. The van der Waals surface area contributed by atoms with Gasteiger partial charge in [-0.1, -0.05) is 132 Å². The highest BCUT2D eigenvalue weighted by molar-refractivity contribution is 7.45. The molecule has 2 unspecified atom stereocenters. The van der Waals surface area contributed by atoms with Crippen molar-refractivity contribution in [1.82, 2.24) is 0 Å². The van der Waals surface area contributed by atoms with Crippen LogP contribution in [0.25, 0.3) is 0 Å². The van der Waals surface area contributed by atoms with Crippen LogP contribution in [0.2, 0.25) is 0 Å². The molecule has 0 rings (SSSR count). The Balaban J connectivity index is 4.36. The molecule has 0 saturated heterocycles. The zero-order valence-corrected chi connectivity index (χ0v) is 33.5. The van der Waals surface area contributed by atoms with Crippen LogP contribution in [-0.2, 0) is 27.9 Å². The van der Waals surface area contributed by atoms with Crippen LogP contribution in [0.3, 0.4) is 0 Å². The van der Waals surface area contributed by atoms with Crippen molar-refractivity contribution < 1.29 is 37.3 Å². The third kappa shape index (κ3) is 37.5. The second kappa shape index (κ2) is 34.3. The fourth-order valence-electron chi connectivity index (χ4n) is 4.81. The van der Waals surface area contributed by atoms with Crippen molar-refractivity contribution in [1.29, 1.82) is 0 Å². The second-order valence-electron chi connectivity index (χ2n) is 13.9. The first kappa shape index (κ1) is 48.2. The minimum Gasteiger partial charge on any atom is -0.756 e. The SMILES string of the molecule is CC/C=C\C/C=C\C/C=C\C/C=C\C/C=C\CCCCOCC(COP(=O)([O-])OCC[N+](C)(C)C)OC(=O)CCCCCCCCCCCC. The summed E-state index contributed by atoms with van der Waals surface area (Å²) in [5, 5.41) is 0. The van der Waals surface area contributed by atoms with E-state index in [4.69, 9.17) is 18.5 Å². The minimum absolute atomic E-state index is 0.0157. The summed E-state index contributed by atoms with van der Waals surface area (Å²) in [6.45, 7) is 5.15. The molecule has 0 N–H and O–H groups in total. The number of esters is 1. The Morgan fingerprint density at radius 3 is 1.70 bits per heavy atom. The summed E-state index contributed by atoms with van der Waals surface area (Å²) < 4.78 is 34.4. The fraction of sp³-hybridized carbons (Fsp3) is 0.732. The van der Waals surface area contributed by atoms with Gasteiger partial charge in [0.05, 0.1) is 34.4 Å². The highest BCUT2D eigenvalue weighted by Gasteiger charge is 2.20.